The summed E-state index contributed by atoms with van der Waals surface area (Å²) < 4.78 is 5.27. The maximum absolute atomic E-state index is 10.6. The first kappa shape index (κ1) is 11.2. The van der Waals surface area contributed by atoms with Crippen LogP contribution in [-0.2, 0) is 11.2 Å². The summed E-state index contributed by atoms with van der Waals surface area (Å²) in [5, 5.41) is 14.1. The van der Waals surface area contributed by atoms with Crippen molar-refractivity contribution in [3.05, 3.63) is 35.4 Å². The van der Waals surface area contributed by atoms with E-state index in [0.29, 0.717) is 0 Å². The fraction of sp³-hybridized carbons (Fsp3) is 0.571. The molecule has 2 aliphatic rings. The van der Waals surface area contributed by atoms with Gasteiger partial charge in [0.25, 0.3) is 0 Å². The maximum atomic E-state index is 10.6. The molecule has 92 valence electrons. The molecule has 0 saturated heterocycles. The summed E-state index contributed by atoms with van der Waals surface area (Å²) in [4.78, 5) is 0. The standard InChI is InChI=1S/C14H19NO2/c1-17-11-8-14(16,9-11)13-12-5-3-2-4-10(12)6-7-15-13/h2-5,11,13,15-16H,6-9H2,1H3. The summed E-state index contributed by atoms with van der Waals surface area (Å²) in [5.41, 5.74) is 2.00. The van der Waals surface area contributed by atoms with E-state index in [4.69, 9.17) is 4.74 Å². The fourth-order valence-electron chi connectivity index (χ4n) is 3.12. The number of fused-ring (bicyclic) bond motifs is 1. The van der Waals surface area contributed by atoms with Gasteiger partial charge in [-0.25, -0.2) is 0 Å². The molecule has 3 heteroatoms. The molecule has 0 radical (unpaired) electrons. The van der Waals surface area contributed by atoms with Gasteiger partial charge in [0.2, 0.25) is 0 Å². The van der Waals surface area contributed by atoms with Gasteiger partial charge in [0.1, 0.15) is 0 Å². The zero-order valence-corrected chi connectivity index (χ0v) is 10.1. The SMILES string of the molecule is COC1CC(O)(C2NCCc3ccccc32)C1. The first-order chi connectivity index (χ1) is 8.23. The number of rotatable bonds is 2. The van der Waals surface area contributed by atoms with Gasteiger partial charge in [0.05, 0.1) is 17.7 Å². The van der Waals surface area contributed by atoms with Crippen LogP contribution in [0.15, 0.2) is 24.3 Å². The third kappa shape index (κ3) is 1.79. The van der Waals surface area contributed by atoms with E-state index in [1.807, 2.05) is 0 Å². The smallest absolute Gasteiger partial charge is 0.0891 e. The first-order valence-corrected chi connectivity index (χ1v) is 6.29. The highest BCUT2D eigenvalue weighted by atomic mass is 16.5. The molecule has 3 nitrogen and oxygen atoms in total. The third-order valence-corrected chi connectivity index (χ3v) is 4.14. The monoisotopic (exact) mass is 233 g/mol. The number of methoxy groups -OCH3 is 1. The first-order valence-electron chi connectivity index (χ1n) is 6.29. The molecule has 1 aliphatic heterocycles. The van der Waals surface area contributed by atoms with Crippen LogP contribution in [0.2, 0.25) is 0 Å². The Morgan fingerprint density at radius 3 is 2.88 bits per heavy atom. The molecule has 1 unspecified atom stereocenters. The summed E-state index contributed by atoms with van der Waals surface area (Å²) in [5.74, 6) is 0. The van der Waals surface area contributed by atoms with E-state index in [1.54, 1.807) is 7.11 Å². The highest BCUT2D eigenvalue weighted by Gasteiger charge is 2.50. The van der Waals surface area contributed by atoms with Crippen molar-refractivity contribution in [2.75, 3.05) is 13.7 Å². The van der Waals surface area contributed by atoms with Crippen LogP contribution in [0.25, 0.3) is 0 Å². The summed E-state index contributed by atoms with van der Waals surface area (Å²) in [6.07, 6.45) is 2.73. The lowest BCUT2D eigenvalue weighted by Gasteiger charge is -2.49. The number of hydrogen-bond acceptors (Lipinski definition) is 3. The average molecular weight is 233 g/mol. The van der Waals surface area contributed by atoms with Crippen molar-refractivity contribution < 1.29 is 9.84 Å². The normalized spacial score (nSPS) is 36.1. The molecule has 3 rings (SSSR count). The molecule has 2 N–H and O–H groups in total. The van der Waals surface area contributed by atoms with Gasteiger partial charge in [-0.1, -0.05) is 24.3 Å². The van der Waals surface area contributed by atoms with Gasteiger partial charge < -0.3 is 15.2 Å². The molecule has 1 saturated carbocycles. The maximum Gasteiger partial charge on any atom is 0.0891 e. The van der Waals surface area contributed by atoms with E-state index in [-0.39, 0.29) is 12.1 Å². The average Bonchev–Trinajstić information content (AvgIpc) is 2.34. The predicted molar refractivity (Wildman–Crippen MR) is 65.9 cm³/mol. The molecule has 0 bridgehead atoms. The number of hydrogen-bond donors (Lipinski definition) is 2. The molecule has 1 fully saturated rings. The van der Waals surface area contributed by atoms with Crippen molar-refractivity contribution in [2.45, 2.75) is 37.0 Å². The predicted octanol–water partition coefficient (Wildman–Crippen LogP) is 1.41. The minimum Gasteiger partial charge on any atom is -0.388 e. The second kappa shape index (κ2) is 4.09. The van der Waals surface area contributed by atoms with Gasteiger partial charge >= 0.3 is 0 Å². The minimum absolute atomic E-state index is 0.0684. The molecule has 1 atom stereocenters. The van der Waals surface area contributed by atoms with E-state index >= 15 is 0 Å². The third-order valence-electron chi connectivity index (χ3n) is 4.14. The molecule has 1 aromatic carbocycles. The Morgan fingerprint density at radius 1 is 1.35 bits per heavy atom. The van der Waals surface area contributed by atoms with Crippen molar-refractivity contribution >= 4 is 0 Å². The summed E-state index contributed by atoms with van der Waals surface area (Å²) in [6, 6.07) is 8.49. The number of aliphatic hydroxyl groups is 1. The van der Waals surface area contributed by atoms with Crippen LogP contribution >= 0.6 is 0 Å². The van der Waals surface area contributed by atoms with Crippen molar-refractivity contribution in [1.82, 2.24) is 5.32 Å². The van der Waals surface area contributed by atoms with Gasteiger partial charge in [-0.05, 0) is 24.1 Å². The number of benzene rings is 1. The van der Waals surface area contributed by atoms with Gasteiger partial charge in [0, 0.05) is 20.0 Å². The largest absolute Gasteiger partial charge is 0.388 e. The second-order valence-electron chi connectivity index (χ2n) is 5.21. The van der Waals surface area contributed by atoms with Gasteiger partial charge in [-0.3, -0.25) is 0 Å². The van der Waals surface area contributed by atoms with Crippen molar-refractivity contribution in [1.29, 1.82) is 0 Å². The Balaban J connectivity index is 1.86. The van der Waals surface area contributed by atoms with Crippen LogP contribution in [0.4, 0.5) is 0 Å². The highest BCUT2D eigenvalue weighted by Crippen LogP contribution is 2.45. The lowest BCUT2D eigenvalue weighted by Crippen LogP contribution is -2.57. The molecular formula is C14H19NO2. The zero-order valence-electron chi connectivity index (χ0n) is 10.1. The molecular weight excluding hydrogens is 214 g/mol. The number of nitrogens with one attached hydrogen (secondary N) is 1. The van der Waals surface area contributed by atoms with Crippen LogP contribution < -0.4 is 5.32 Å². The lowest BCUT2D eigenvalue weighted by molar-refractivity contribution is -0.147. The Hall–Kier alpha value is -0.900. The van der Waals surface area contributed by atoms with Crippen molar-refractivity contribution in [2.24, 2.45) is 0 Å². The molecule has 1 heterocycles. The Bertz CT molecular complexity index is 412. The summed E-state index contributed by atoms with van der Waals surface area (Å²) in [7, 11) is 1.71. The summed E-state index contributed by atoms with van der Waals surface area (Å²) in [6.45, 7) is 0.946. The van der Waals surface area contributed by atoms with Crippen LogP contribution in [0.5, 0.6) is 0 Å². The second-order valence-corrected chi connectivity index (χ2v) is 5.21. The van der Waals surface area contributed by atoms with Crippen LogP contribution in [0, 0.1) is 0 Å². The van der Waals surface area contributed by atoms with Crippen LogP contribution in [0.1, 0.15) is 30.0 Å². The molecule has 17 heavy (non-hydrogen) atoms. The van der Waals surface area contributed by atoms with E-state index in [1.165, 1.54) is 11.1 Å². The topological polar surface area (TPSA) is 41.5 Å². The zero-order chi connectivity index (χ0) is 11.9. The van der Waals surface area contributed by atoms with Crippen LogP contribution in [0.3, 0.4) is 0 Å². The minimum atomic E-state index is -0.628. The Labute approximate surface area is 102 Å². The van der Waals surface area contributed by atoms with Crippen molar-refractivity contribution in [3.63, 3.8) is 0 Å². The van der Waals surface area contributed by atoms with E-state index in [2.05, 4.69) is 29.6 Å². The molecule has 1 aliphatic carbocycles. The number of ether oxygens (including phenoxy) is 1. The van der Waals surface area contributed by atoms with Gasteiger partial charge in [-0.2, -0.15) is 0 Å². The fourth-order valence-corrected chi connectivity index (χ4v) is 3.12. The van der Waals surface area contributed by atoms with E-state index < -0.39 is 5.60 Å². The highest BCUT2D eigenvalue weighted by molar-refractivity contribution is 5.35. The summed E-state index contributed by atoms with van der Waals surface area (Å²) >= 11 is 0. The van der Waals surface area contributed by atoms with Crippen LogP contribution in [-0.4, -0.2) is 30.5 Å². The Morgan fingerprint density at radius 2 is 2.12 bits per heavy atom. The Kier molecular flexibility index (Phi) is 2.69. The molecule has 0 aromatic heterocycles. The van der Waals surface area contributed by atoms with Gasteiger partial charge in [-0.15, -0.1) is 0 Å². The lowest BCUT2D eigenvalue weighted by atomic mass is 9.69. The molecule has 1 aromatic rings. The van der Waals surface area contributed by atoms with Gasteiger partial charge in [0.15, 0.2) is 0 Å². The molecule has 0 amide bonds. The van der Waals surface area contributed by atoms with E-state index in [0.717, 1.165) is 25.8 Å². The molecule has 0 spiro atoms. The van der Waals surface area contributed by atoms with E-state index in [9.17, 15) is 5.11 Å². The van der Waals surface area contributed by atoms with Crippen molar-refractivity contribution in [3.8, 4) is 0 Å². The quantitative estimate of drug-likeness (QED) is 0.811.